The van der Waals surface area contributed by atoms with Gasteiger partial charge in [0.05, 0.1) is 0 Å². The fraction of sp³-hybridized carbons (Fsp3) is 0.250. The van der Waals surface area contributed by atoms with Gasteiger partial charge in [0.15, 0.2) is 17.2 Å². The summed E-state index contributed by atoms with van der Waals surface area (Å²) in [6, 6.07) is 11.7. The Morgan fingerprint density at radius 2 is 0.750 bits per heavy atom. The van der Waals surface area contributed by atoms with E-state index in [2.05, 4.69) is 30.9 Å². The van der Waals surface area contributed by atoms with Gasteiger partial charge in [-0.1, -0.05) is 18.2 Å². The van der Waals surface area contributed by atoms with Crippen molar-refractivity contribution in [3.8, 4) is 17.2 Å². The molecule has 3 amide bonds. The molecule has 6 aromatic rings. The van der Waals surface area contributed by atoms with Gasteiger partial charge in [0.1, 0.15) is 47.9 Å². The second-order valence-corrected chi connectivity index (χ2v) is 18.7. The number of rotatable bonds is 18. The Morgan fingerprint density at radius 1 is 0.484 bits per heavy atom. The molecular formula is C40H40N6O15S3. The summed E-state index contributed by atoms with van der Waals surface area (Å²) in [6.45, 7) is -0.182. The van der Waals surface area contributed by atoms with Crippen LogP contribution < -0.4 is 16.0 Å². The summed E-state index contributed by atoms with van der Waals surface area (Å²) in [5, 5.41) is 40.5. The molecule has 0 radical (unpaired) electrons. The molecular weight excluding hydrogens is 901 g/mol. The fourth-order valence-electron chi connectivity index (χ4n) is 7.29. The van der Waals surface area contributed by atoms with Gasteiger partial charge in [-0.3, -0.25) is 43.0 Å². The number of carbonyl (C=O) groups excluding carboxylic acids is 3. The van der Waals surface area contributed by atoms with E-state index >= 15 is 0 Å². The summed E-state index contributed by atoms with van der Waals surface area (Å²) < 4.78 is 103. The van der Waals surface area contributed by atoms with Crippen molar-refractivity contribution in [2.24, 2.45) is 5.92 Å². The third-order valence-corrected chi connectivity index (χ3v) is 12.9. The summed E-state index contributed by atoms with van der Waals surface area (Å²) in [5.41, 5.74) is -2.39. The predicted molar refractivity (Wildman–Crippen MR) is 228 cm³/mol. The number of benzene rings is 3. The summed E-state index contributed by atoms with van der Waals surface area (Å²) in [5.74, 6) is -5.58. The fourth-order valence-corrected chi connectivity index (χ4v) is 9.46. The minimum absolute atomic E-state index is 0.0607. The number of nitrogens with zero attached hydrogens (tertiary/aromatic N) is 3. The van der Waals surface area contributed by atoms with Crippen molar-refractivity contribution in [2.75, 3.05) is 19.6 Å². The smallest absolute Gasteiger partial charge is 0.295 e. The van der Waals surface area contributed by atoms with Crippen LogP contribution in [0.4, 0.5) is 0 Å². The van der Waals surface area contributed by atoms with Crippen LogP contribution in [0.15, 0.2) is 87.9 Å². The highest BCUT2D eigenvalue weighted by Gasteiger charge is 2.30. The number of amides is 3. The summed E-state index contributed by atoms with van der Waals surface area (Å²) in [6.07, 6.45) is 5.83. The Labute approximate surface area is 364 Å². The molecule has 0 bridgehead atoms. The predicted octanol–water partition coefficient (Wildman–Crippen LogP) is 3.73. The minimum Gasteiger partial charge on any atom is -0.505 e. The van der Waals surface area contributed by atoms with Crippen molar-refractivity contribution in [3.05, 3.63) is 89.9 Å². The highest BCUT2D eigenvalue weighted by Crippen LogP contribution is 2.35. The SMILES string of the molecule is O=C(NCCCC(CCCNC(=O)c1c(S(=O)(=O)O)cc2cccnc2c1O)CCCNC(=O)c1c(S(=O)(=O)O)cc2cccnc2c1O)c1c(S(=O)(=O)O)cc2cccnc2c1O. The van der Waals surface area contributed by atoms with Gasteiger partial charge < -0.3 is 31.3 Å². The molecule has 9 N–H and O–H groups in total. The highest BCUT2D eigenvalue weighted by molar-refractivity contribution is 7.86. The number of phenolic OH excluding ortho intramolecular Hbond substituents is 3. The molecule has 0 atom stereocenters. The lowest BCUT2D eigenvalue weighted by Crippen LogP contribution is -2.28. The van der Waals surface area contributed by atoms with Crippen LogP contribution in [0.5, 0.6) is 17.2 Å². The molecule has 0 saturated heterocycles. The van der Waals surface area contributed by atoms with E-state index in [0.717, 1.165) is 18.2 Å². The van der Waals surface area contributed by atoms with E-state index in [9.17, 15) is 68.6 Å². The van der Waals surface area contributed by atoms with E-state index in [0.29, 0.717) is 19.3 Å². The molecule has 3 heterocycles. The van der Waals surface area contributed by atoms with Crippen LogP contribution in [0, 0.1) is 5.92 Å². The standard InChI is InChI=1S/C40H40N6O15S3/c47-35-29(26(62(53,54)55)19-23-10-4-13-41-32(23)35)38(50)44-16-1-7-22(8-2-17-45-39(51)30-27(63(56,57)58)20-24-11-5-14-42-33(24)36(30)48)9-3-18-46-40(52)31-28(64(59,60)61)21-25-12-6-15-43-34(25)37(31)49/h4-6,10-15,19-22,47-49H,1-3,7-9,16-18H2,(H,44,50)(H,45,51)(H,46,52)(H,53,54,55)(H,56,57,58)(H,59,60,61). The monoisotopic (exact) mass is 940 g/mol. The van der Waals surface area contributed by atoms with Crippen molar-refractivity contribution in [3.63, 3.8) is 0 Å². The van der Waals surface area contributed by atoms with E-state index in [-0.39, 0.29) is 77.5 Å². The zero-order valence-electron chi connectivity index (χ0n) is 33.3. The molecule has 6 rings (SSSR count). The quantitative estimate of drug-likeness (QED) is 0.0438. The van der Waals surface area contributed by atoms with Gasteiger partial charge in [-0.25, -0.2) is 0 Å². The molecule has 0 saturated carbocycles. The van der Waals surface area contributed by atoms with Crippen LogP contribution in [0.2, 0.25) is 0 Å². The van der Waals surface area contributed by atoms with E-state index < -0.39 is 96.7 Å². The molecule has 0 spiro atoms. The molecule has 64 heavy (non-hydrogen) atoms. The zero-order chi connectivity index (χ0) is 46.6. The molecule has 24 heteroatoms. The Hall–Kier alpha value is -6.57. The summed E-state index contributed by atoms with van der Waals surface area (Å²) >= 11 is 0. The number of pyridine rings is 3. The lowest BCUT2D eigenvalue weighted by molar-refractivity contribution is 0.0939. The summed E-state index contributed by atoms with van der Waals surface area (Å²) in [7, 11) is -14.9. The number of nitrogens with one attached hydrogen (secondary N) is 3. The third kappa shape index (κ3) is 10.4. The van der Waals surface area contributed by atoms with Crippen LogP contribution in [-0.2, 0) is 30.4 Å². The van der Waals surface area contributed by atoms with Gasteiger partial charge in [0.25, 0.3) is 48.1 Å². The number of hydrogen-bond donors (Lipinski definition) is 9. The number of phenols is 3. The van der Waals surface area contributed by atoms with Gasteiger partial charge in [-0.05, 0) is 80.8 Å². The van der Waals surface area contributed by atoms with Gasteiger partial charge in [0, 0.05) is 54.4 Å². The van der Waals surface area contributed by atoms with Crippen molar-refractivity contribution in [2.45, 2.75) is 53.2 Å². The Balaban J connectivity index is 1.14. The average molecular weight is 941 g/mol. The second kappa shape index (κ2) is 19.0. The topological polar surface area (TPSA) is 350 Å². The second-order valence-electron chi connectivity index (χ2n) is 14.5. The minimum atomic E-state index is -4.98. The molecule has 3 aromatic carbocycles. The van der Waals surface area contributed by atoms with Crippen LogP contribution in [0.3, 0.4) is 0 Å². The molecule has 0 aliphatic heterocycles. The molecule has 338 valence electrons. The molecule has 0 unspecified atom stereocenters. The Morgan fingerprint density at radius 3 is 1.00 bits per heavy atom. The normalized spacial score (nSPS) is 12.2. The van der Waals surface area contributed by atoms with E-state index in [1.807, 2.05) is 0 Å². The molecule has 0 aliphatic carbocycles. The average Bonchev–Trinajstić information content (AvgIpc) is 3.23. The number of hydrogen-bond acceptors (Lipinski definition) is 15. The maximum absolute atomic E-state index is 13.3. The van der Waals surface area contributed by atoms with E-state index in [1.165, 1.54) is 55.0 Å². The first-order chi connectivity index (χ1) is 30.2. The molecule has 0 aliphatic rings. The van der Waals surface area contributed by atoms with Crippen molar-refractivity contribution in [1.82, 2.24) is 30.9 Å². The molecule has 3 aromatic heterocycles. The first-order valence-corrected chi connectivity index (χ1v) is 23.6. The number of aromatic hydroxyl groups is 3. The van der Waals surface area contributed by atoms with Crippen LogP contribution >= 0.6 is 0 Å². The Bertz CT molecular complexity index is 2830. The third-order valence-electron chi connectivity index (χ3n) is 10.2. The van der Waals surface area contributed by atoms with Crippen molar-refractivity contribution < 1.29 is 68.6 Å². The molecule has 0 fully saturated rings. The van der Waals surface area contributed by atoms with E-state index in [4.69, 9.17) is 0 Å². The summed E-state index contributed by atoms with van der Waals surface area (Å²) in [4.78, 5) is 49.3. The lowest BCUT2D eigenvalue weighted by Gasteiger charge is -2.18. The number of carbonyl (C=O) groups is 3. The van der Waals surface area contributed by atoms with Crippen LogP contribution in [0.1, 0.15) is 69.6 Å². The van der Waals surface area contributed by atoms with Crippen molar-refractivity contribution in [1.29, 1.82) is 0 Å². The van der Waals surface area contributed by atoms with Gasteiger partial charge in [-0.2, -0.15) is 25.3 Å². The number of aromatic nitrogens is 3. The number of fused-ring (bicyclic) bond motifs is 3. The van der Waals surface area contributed by atoms with E-state index in [1.54, 1.807) is 0 Å². The largest absolute Gasteiger partial charge is 0.505 e. The van der Waals surface area contributed by atoms with Gasteiger partial charge in [0.2, 0.25) is 0 Å². The maximum atomic E-state index is 13.3. The van der Waals surface area contributed by atoms with Gasteiger partial charge >= 0.3 is 0 Å². The zero-order valence-corrected chi connectivity index (χ0v) is 35.7. The van der Waals surface area contributed by atoms with Crippen molar-refractivity contribution >= 4 is 80.8 Å². The maximum Gasteiger partial charge on any atom is 0.295 e. The lowest BCUT2D eigenvalue weighted by atomic mass is 9.92. The Kier molecular flexibility index (Phi) is 14.0. The first-order valence-electron chi connectivity index (χ1n) is 19.3. The van der Waals surface area contributed by atoms with Gasteiger partial charge in [-0.15, -0.1) is 0 Å². The van der Waals surface area contributed by atoms with Crippen LogP contribution in [-0.4, -0.2) is 107 Å². The van der Waals surface area contributed by atoms with Crippen LogP contribution in [0.25, 0.3) is 32.7 Å². The first kappa shape index (κ1) is 46.9. The highest BCUT2D eigenvalue weighted by atomic mass is 32.2. The molecule has 21 nitrogen and oxygen atoms in total.